The van der Waals surface area contributed by atoms with Crippen LogP contribution in [-0.2, 0) is 0 Å². The van der Waals surface area contributed by atoms with Crippen molar-refractivity contribution >= 4 is 11.9 Å². The fraction of sp³-hybridized carbons (Fsp3) is 0.750. The molecule has 3 saturated carbocycles. The molecule has 0 unspecified atom stereocenters. The van der Waals surface area contributed by atoms with Crippen molar-refractivity contribution in [2.45, 2.75) is 95.1 Å². The van der Waals surface area contributed by atoms with Gasteiger partial charge in [0.15, 0.2) is 5.69 Å². The number of rotatable bonds is 4. The molecule has 1 aromatic heterocycles. The van der Waals surface area contributed by atoms with E-state index in [1.54, 1.807) is 6.07 Å². The van der Waals surface area contributed by atoms with Crippen LogP contribution >= 0.6 is 0 Å². The fourth-order valence-electron chi connectivity index (χ4n) is 4.33. The average Bonchev–Trinajstić information content (AvgIpc) is 3.40. The van der Waals surface area contributed by atoms with Crippen molar-refractivity contribution in [3.8, 4) is 0 Å². The number of urea groups is 1. The predicted octanol–water partition coefficient (Wildman–Crippen LogP) is 4.37. The number of carbonyl (C=O) groups is 2. The maximum absolute atomic E-state index is 13.1. The second-order valence-corrected chi connectivity index (χ2v) is 8.14. The van der Waals surface area contributed by atoms with Crippen LogP contribution in [0, 0.1) is 0 Å². The molecule has 1 aromatic rings. The highest BCUT2D eigenvalue weighted by Gasteiger charge is 2.36. The first-order valence-corrected chi connectivity index (χ1v) is 10.3. The summed E-state index contributed by atoms with van der Waals surface area (Å²) in [4.78, 5) is 27.6. The minimum absolute atomic E-state index is 0.0269. The third-order valence-electron chi connectivity index (χ3n) is 6.04. The van der Waals surface area contributed by atoms with Crippen LogP contribution in [-0.4, -0.2) is 34.1 Å². The molecule has 6 nitrogen and oxygen atoms in total. The van der Waals surface area contributed by atoms with Crippen LogP contribution in [0.15, 0.2) is 10.6 Å². The molecule has 26 heavy (non-hydrogen) atoms. The van der Waals surface area contributed by atoms with E-state index < -0.39 is 0 Å². The molecule has 3 aliphatic carbocycles. The van der Waals surface area contributed by atoms with Crippen molar-refractivity contribution in [3.63, 3.8) is 0 Å². The van der Waals surface area contributed by atoms with Crippen LogP contribution in [0.4, 0.5) is 4.79 Å². The molecule has 3 amide bonds. The average molecular weight is 359 g/mol. The van der Waals surface area contributed by atoms with E-state index in [1.807, 2.05) is 0 Å². The van der Waals surface area contributed by atoms with E-state index in [2.05, 4.69) is 10.5 Å². The second-order valence-electron chi connectivity index (χ2n) is 8.14. The molecule has 0 saturated heterocycles. The Labute approximate surface area is 154 Å². The molecule has 0 aliphatic heterocycles. The Bertz CT molecular complexity index is 640. The Morgan fingerprint density at radius 1 is 0.962 bits per heavy atom. The summed E-state index contributed by atoms with van der Waals surface area (Å²) in [5, 5.41) is 7.09. The number of nitrogens with one attached hydrogen (secondary N) is 1. The van der Waals surface area contributed by atoms with E-state index in [4.69, 9.17) is 4.52 Å². The van der Waals surface area contributed by atoms with E-state index in [0.29, 0.717) is 5.92 Å². The molecule has 142 valence electrons. The van der Waals surface area contributed by atoms with Crippen molar-refractivity contribution in [1.82, 2.24) is 15.4 Å². The summed E-state index contributed by atoms with van der Waals surface area (Å²) in [7, 11) is 0. The highest BCUT2D eigenvalue weighted by Crippen LogP contribution is 2.40. The normalized spacial score (nSPS) is 22.2. The summed E-state index contributed by atoms with van der Waals surface area (Å²) in [6.07, 6.45) is 12.8. The standard InChI is InChI=1S/C20H29N3O3/c24-19(17-13-18(26-22-17)14-11-12-14)23(16-9-5-2-6-10-16)20(25)21-15-7-3-1-4-8-15/h13-16H,1-12H2,(H,21,25). The molecule has 4 rings (SSSR count). The zero-order valence-electron chi connectivity index (χ0n) is 15.4. The van der Waals surface area contributed by atoms with Crippen molar-refractivity contribution in [1.29, 1.82) is 0 Å². The van der Waals surface area contributed by atoms with Crippen molar-refractivity contribution in [2.24, 2.45) is 0 Å². The van der Waals surface area contributed by atoms with Gasteiger partial charge in [-0.2, -0.15) is 0 Å². The van der Waals surface area contributed by atoms with E-state index in [0.717, 1.165) is 70.0 Å². The van der Waals surface area contributed by atoms with Crippen LogP contribution in [0.25, 0.3) is 0 Å². The van der Waals surface area contributed by atoms with Gasteiger partial charge in [0.25, 0.3) is 5.91 Å². The van der Waals surface area contributed by atoms with E-state index >= 15 is 0 Å². The zero-order valence-corrected chi connectivity index (χ0v) is 15.4. The first-order chi connectivity index (χ1) is 12.7. The number of nitrogens with zero attached hydrogens (tertiary/aromatic N) is 2. The van der Waals surface area contributed by atoms with Crippen LogP contribution in [0.1, 0.15) is 99.2 Å². The zero-order chi connectivity index (χ0) is 17.9. The quantitative estimate of drug-likeness (QED) is 0.866. The Balaban J connectivity index is 1.50. The first kappa shape index (κ1) is 17.6. The van der Waals surface area contributed by atoms with Crippen molar-refractivity contribution < 1.29 is 14.1 Å². The Kier molecular flexibility index (Phi) is 5.27. The third-order valence-corrected chi connectivity index (χ3v) is 6.04. The predicted molar refractivity (Wildman–Crippen MR) is 96.9 cm³/mol. The Hall–Kier alpha value is -1.85. The van der Waals surface area contributed by atoms with Gasteiger partial charge in [-0.1, -0.05) is 43.7 Å². The Morgan fingerprint density at radius 3 is 2.27 bits per heavy atom. The molecule has 1 N–H and O–H groups in total. The van der Waals surface area contributed by atoms with E-state index in [1.165, 1.54) is 17.7 Å². The molecule has 1 heterocycles. The van der Waals surface area contributed by atoms with Gasteiger partial charge in [-0.25, -0.2) is 4.79 Å². The molecule has 3 aliphatic rings. The first-order valence-electron chi connectivity index (χ1n) is 10.3. The summed E-state index contributed by atoms with van der Waals surface area (Å²) in [6.45, 7) is 0. The van der Waals surface area contributed by atoms with Gasteiger partial charge in [0.1, 0.15) is 5.76 Å². The lowest BCUT2D eigenvalue weighted by molar-refractivity contribution is 0.0691. The van der Waals surface area contributed by atoms with E-state index in [9.17, 15) is 9.59 Å². The van der Waals surface area contributed by atoms with Crippen LogP contribution in [0.5, 0.6) is 0 Å². The van der Waals surface area contributed by atoms with Crippen molar-refractivity contribution in [2.75, 3.05) is 0 Å². The number of imide groups is 1. The maximum atomic E-state index is 13.1. The minimum Gasteiger partial charge on any atom is -0.360 e. The van der Waals surface area contributed by atoms with Crippen LogP contribution < -0.4 is 5.32 Å². The minimum atomic E-state index is -0.305. The SMILES string of the molecule is O=C(NC1CCCCC1)N(C(=O)c1cc(C2CC2)on1)C1CCCCC1. The summed E-state index contributed by atoms with van der Waals surface area (Å²) in [5.41, 5.74) is 0.274. The number of hydrogen-bond donors (Lipinski definition) is 1. The Morgan fingerprint density at radius 2 is 1.62 bits per heavy atom. The fourth-order valence-corrected chi connectivity index (χ4v) is 4.33. The summed E-state index contributed by atoms with van der Waals surface area (Å²) < 4.78 is 5.35. The maximum Gasteiger partial charge on any atom is 0.324 e. The van der Waals surface area contributed by atoms with Gasteiger partial charge >= 0.3 is 6.03 Å². The smallest absolute Gasteiger partial charge is 0.324 e. The van der Waals surface area contributed by atoms with Gasteiger partial charge in [0.2, 0.25) is 0 Å². The molecule has 0 atom stereocenters. The second kappa shape index (κ2) is 7.80. The molecule has 0 bridgehead atoms. The molecule has 3 fully saturated rings. The van der Waals surface area contributed by atoms with Gasteiger partial charge in [0, 0.05) is 24.1 Å². The summed E-state index contributed by atoms with van der Waals surface area (Å²) in [5.74, 6) is 0.883. The highest BCUT2D eigenvalue weighted by molar-refractivity contribution is 6.03. The van der Waals surface area contributed by atoms with Crippen LogP contribution in [0.3, 0.4) is 0 Å². The lowest BCUT2D eigenvalue weighted by Crippen LogP contribution is -2.53. The lowest BCUT2D eigenvalue weighted by Gasteiger charge is -2.34. The largest absolute Gasteiger partial charge is 0.360 e. The van der Waals surface area contributed by atoms with E-state index in [-0.39, 0.29) is 29.7 Å². The molecule has 0 radical (unpaired) electrons. The topological polar surface area (TPSA) is 75.4 Å². The van der Waals surface area contributed by atoms with Gasteiger partial charge in [-0.3, -0.25) is 9.69 Å². The van der Waals surface area contributed by atoms with Crippen LogP contribution in [0.2, 0.25) is 0 Å². The van der Waals surface area contributed by atoms with Crippen molar-refractivity contribution in [3.05, 3.63) is 17.5 Å². The highest BCUT2D eigenvalue weighted by atomic mass is 16.5. The summed E-state index contributed by atoms with van der Waals surface area (Å²) in [6, 6.07) is 1.66. The molecule has 0 aromatic carbocycles. The number of hydrogen-bond acceptors (Lipinski definition) is 4. The molecule has 0 spiro atoms. The molecular formula is C20H29N3O3. The number of amides is 3. The monoisotopic (exact) mass is 359 g/mol. The summed E-state index contributed by atoms with van der Waals surface area (Å²) >= 11 is 0. The number of carbonyl (C=O) groups excluding carboxylic acids is 2. The molecule has 6 heteroatoms. The molecular weight excluding hydrogens is 330 g/mol. The van der Waals surface area contributed by atoms with Gasteiger partial charge in [-0.15, -0.1) is 0 Å². The van der Waals surface area contributed by atoms with Gasteiger partial charge in [0.05, 0.1) is 0 Å². The van der Waals surface area contributed by atoms with Gasteiger partial charge < -0.3 is 9.84 Å². The number of aromatic nitrogens is 1. The lowest BCUT2D eigenvalue weighted by atomic mass is 9.93. The van der Waals surface area contributed by atoms with Gasteiger partial charge in [-0.05, 0) is 38.5 Å². The third kappa shape index (κ3) is 3.94.